The van der Waals surface area contributed by atoms with Gasteiger partial charge in [-0.25, -0.2) is 14.7 Å². The Morgan fingerprint density at radius 1 is 1.46 bits per heavy atom. The Balaban J connectivity index is 2.26. The number of aryl methyl sites for hydroxylation is 1. The molecule has 9 nitrogen and oxygen atoms in total. The lowest BCUT2D eigenvalue weighted by Crippen LogP contribution is -2.42. The number of anilines is 1. The molecule has 0 aliphatic carbocycles. The van der Waals surface area contributed by atoms with Gasteiger partial charge >= 0.3 is 5.56 Å². The minimum Gasteiger partial charge on any atom is -0.480 e. The molecule has 1 unspecified atom stereocenters. The maximum absolute atomic E-state index is 12.6. The van der Waals surface area contributed by atoms with Gasteiger partial charge in [0, 0.05) is 10.6 Å². The number of aliphatic imine (C=N–C) groups is 1. The number of hydrogen-bond donors (Lipinski definition) is 2. The maximum Gasteiger partial charge on any atom is 0.311 e. The maximum atomic E-state index is 12.6. The van der Waals surface area contributed by atoms with Crippen LogP contribution in [0, 0.1) is 6.92 Å². The van der Waals surface area contributed by atoms with Crippen LogP contribution in [0.2, 0.25) is 5.02 Å². The topological polar surface area (TPSA) is 129 Å². The van der Waals surface area contributed by atoms with Gasteiger partial charge < -0.3 is 10.5 Å². The Labute approximate surface area is 166 Å². The van der Waals surface area contributed by atoms with Crippen LogP contribution in [0.5, 0.6) is 5.75 Å². The molecule has 148 valence electrons. The monoisotopic (exact) mass is 405 g/mol. The zero-order chi connectivity index (χ0) is 20.8. The van der Waals surface area contributed by atoms with Gasteiger partial charge in [0.2, 0.25) is 5.91 Å². The molecule has 10 heteroatoms. The van der Waals surface area contributed by atoms with E-state index in [0.29, 0.717) is 28.5 Å². The van der Waals surface area contributed by atoms with Gasteiger partial charge in [-0.05, 0) is 38.3 Å². The number of rotatable bonds is 7. The minimum absolute atomic E-state index is 0.0725. The first-order valence-electron chi connectivity index (χ1n) is 8.36. The highest BCUT2D eigenvalue weighted by atomic mass is 35.5. The Morgan fingerprint density at radius 2 is 2.18 bits per heavy atom. The fraction of sp³-hybridized carbons (Fsp3) is 0.278. The fourth-order valence-electron chi connectivity index (χ4n) is 2.37. The molecule has 28 heavy (non-hydrogen) atoms. The van der Waals surface area contributed by atoms with Crippen LogP contribution in [0.4, 0.5) is 5.82 Å². The molecule has 0 aliphatic rings. The van der Waals surface area contributed by atoms with E-state index in [4.69, 9.17) is 22.1 Å². The van der Waals surface area contributed by atoms with Gasteiger partial charge in [-0.15, -0.1) is 0 Å². The van der Waals surface area contributed by atoms with Crippen molar-refractivity contribution in [1.82, 2.24) is 9.66 Å². The normalized spacial score (nSPS) is 11.5. The predicted molar refractivity (Wildman–Crippen MR) is 106 cm³/mol. The molecule has 0 bridgehead atoms. The summed E-state index contributed by atoms with van der Waals surface area (Å²) < 4.78 is 6.80. The molecule has 1 atom stereocenters. The quantitative estimate of drug-likeness (QED) is 0.671. The van der Waals surface area contributed by atoms with Crippen molar-refractivity contribution in [2.75, 3.05) is 11.2 Å². The van der Waals surface area contributed by atoms with Gasteiger partial charge in [0.15, 0.2) is 11.9 Å². The number of ether oxygens (including phenoxy) is 1. The Morgan fingerprint density at radius 3 is 2.82 bits per heavy atom. The lowest BCUT2D eigenvalue weighted by atomic mass is 10.1. The molecular weight excluding hydrogens is 386 g/mol. The van der Waals surface area contributed by atoms with Crippen molar-refractivity contribution in [2.45, 2.75) is 32.8 Å². The van der Waals surface area contributed by atoms with Gasteiger partial charge in [0.25, 0.3) is 5.91 Å². The van der Waals surface area contributed by atoms with E-state index in [-0.39, 0.29) is 12.2 Å². The van der Waals surface area contributed by atoms with E-state index in [1.54, 1.807) is 32.0 Å². The summed E-state index contributed by atoms with van der Waals surface area (Å²) >= 11 is 5.99. The standard InChI is InChI=1S/C18H20ClN5O4/c1-4-13(17(26)23-24-10(2)9-22-16(20)18(24)27)28-14-6-5-12(19)7-11(14)8-15(25)21-3/h5-7,9,13H,3-4,8H2,1-2H3,(H2,20,22)(H,23,26). The number of nitrogens with one attached hydrogen (secondary N) is 1. The molecule has 0 aliphatic heterocycles. The van der Waals surface area contributed by atoms with Crippen molar-refractivity contribution in [2.24, 2.45) is 4.99 Å². The minimum atomic E-state index is -0.938. The zero-order valence-corrected chi connectivity index (χ0v) is 16.2. The molecule has 3 N–H and O–H groups in total. The first kappa shape index (κ1) is 21.1. The first-order chi connectivity index (χ1) is 13.3. The Hall–Kier alpha value is -3.20. The molecule has 2 amide bonds. The molecule has 1 heterocycles. The van der Waals surface area contributed by atoms with Gasteiger partial charge in [-0.3, -0.25) is 19.8 Å². The van der Waals surface area contributed by atoms with Gasteiger partial charge in [0.1, 0.15) is 5.75 Å². The summed E-state index contributed by atoms with van der Waals surface area (Å²) in [4.78, 5) is 43.4. The van der Waals surface area contributed by atoms with Gasteiger partial charge in [0.05, 0.1) is 18.3 Å². The largest absolute Gasteiger partial charge is 0.480 e. The predicted octanol–water partition coefficient (Wildman–Crippen LogP) is 1.48. The average Bonchev–Trinajstić information content (AvgIpc) is 2.67. The van der Waals surface area contributed by atoms with E-state index in [9.17, 15) is 14.4 Å². The summed E-state index contributed by atoms with van der Waals surface area (Å²) in [6.07, 6.45) is 0.656. The third kappa shape index (κ3) is 4.95. The molecule has 2 rings (SSSR count). The lowest BCUT2D eigenvalue weighted by molar-refractivity contribution is -0.123. The van der Waals surface area contributed by atoms with Crippen molar-refractivity contribution in [3.05, 3.63) is 51.0 Å². The highest BCUT2D eigenvalue weighted by Gasteiger charge is 2.22. The van der Waals surface area contributed by atoms with E-state index in [1.807, 2.05) is 0 Å². The highest BCUT2D eigenvalue weighted by Crippen LogP contribution is 2.25. The molecule has 2 aromatic rings. The second-order valence-corrected chi connectivity index (χ2v) is 6.33. The number of hydrogen-bond acceptors (Lipinski definition) is 6. The van der Waals surface area contributed by atoms with Crippen molar-refractivity contribution >= 4 is 36.0 Å². The van der Waals surface area contributed by atoms with Gasteiger partial charge in [-0.1, -0.05) is 18.5 Å². The molecular formula is C18H20ClN5O4. The average molecular weight is 406 g/mol. The molecule has 0 saturated carbocycles. The summed E-state index contributed by atoms with van der Waals surface area (Å²) in [5, 5.41) is 0.408. The molecule has 0 spiro atoms. The van der Waals surface area contributed by atoms with E-state index in [1.165, 1.54) is 6.20 Å². The Bertz CT molecular complexity index is 973. The fourth-order valence-corrected chi connectivity index (χ4v) is 2.56. The van der Waals surface area contributed by atoms with Crippen LogP contribution < -0.4 is 21.5 Å². The second kappa shape index (κ2) is 9.14. The lowest BCUT2D eigenvalue weighted by Gasteiger charge is -2.20. The molecule has 1 aromatic carbocycles. The van der Waals surface area contributed by atoms with Crippen LogP contribution in [0.3, 0.4) is 0 Å². The number of nitrogens with two attached hydrogens (primary N) is 1. The van der Waals surface area contributed by atoms with Crippen molar-refractivity contribution < 1.29 is 14.3 Å². The van der Waals surface area contributed by atoms with E-state index in [2.05, 4.69) is 22.1 Å². The summed E-state index contributed by atoms with van der Waals surface area (Å²) in [6.45, 7) is 6.54. The highest BCUT2D eigenvalue weighted by molar-refractivity contribution is 6.30. The summed E-state index contributed by atoms with van der Waals surface area (Å²) in [7, 11) is 0. The van der Waals surface area contributed by atoms with Crippen LogP contribution in [0.25, 0.3) is 0 Å². The molecule has 0 fully saturated rings. The van der Waals surface area contributed by atoms with Crippen molar-refractivity contribution in [3.8, 4) is 5.75 Å². The summed E-state index contributed by atoms with van der Waals surface area (Å²) in [5.74, 6) is -0.955. The summed E-state index contributed by atoms with van der Waals surface area (Å²) in [5.41, 5.74) is 8.21. The first-order valence-corrected chi connectivity index (χ1v) is 8.74. The second-order valence-electron chi connectivity index (χ2n) is 5.90. The zero-order valence-electron chi connectivity index (χ0n) is 15.4. The smallest absolute Gasteiger partial charge is 0.311 e. The number of carbonyl (C=O) groups excluding carboxylic acids is 2. The SMILES string of the molecule is C=NC(=O)Cc1cc(Cl)ccc1OC(CC)C(=O)Nn1c(C)cnc(N)c1=O. The Kier molecular flexibility index (Phi) is 6.89. The summed E-state index contributed by atoms with van der Waals surface area (Å²) in [6, 6.07) is 4.70. The third-order valence-electron chi connectivity index (χ3n) is 3.86. The van der Waals surface area contributed by atoms with Crippen LogP contribution in [-0.4, -0.2) is 34.3 Å². The molecule has 0 saturated heterocycles. The van der Waals surface area contributed by atoms with E-state index < -0.39 is 23.5 Å². The van der Waals surface area contributed by atoms with Crippen LogP contribution in [0.15, 0.2) is 34.2 Å². The van der Waals surface area contributed by atoms with Gasteiger partial charge in [-0.2, -0.15) is 0 Å². The number of halogens is 1. The van der Waals surface area contributed by atoms with Crippen LogP contribution >= 0.6 is 11.6 Å². The van der Waals surface area contributed by atoms with Crippen molar-refractivity contribution in [3.63, 3.8) is 0 Å². The number of nitrogens with zero attached hydrogens (tertiary/aromatic N) is 3. The third-order valence-corrected chi connectivity index (χ3v) is 4.10. The molecule has 1 aromatic heterocycles. The van der Waals surface area contributed by atoms with Crippen LogP contribution in [0.1, 0.15) is 24.6 Å². The van der Waals surface area contributed by atoms with E-state index in [0.717, 1.165) is 4.68 Å². The van der Waals surface area contributed by atoms with Crippen molar-refractivity contribution in [1.29, 1.82) is 0 Å². The number of aromatic nitrogens is 2. The molecule has 0 radical (unpaired) electrons. The van der Waals surface area contributed by atoms with E-state index >= 15 is 0 Å². The number of amides is 2. The number of benzene rings is 1. The number of nitrogen functional groups attached to an aromatic ring is 1. The van der Waals surface area contributed by atoms with Crippen LogP contribution in [-0.2, 0) is 16.0 Å². The number of carbonyl (C=O) groups is 2.